The van der Waals surface area contributed by atoms with E-state index >= 15 is 0 Å². The van der Waals surface area contributed by atoms with E-state index in [1.54, 1.807) is 0 Å². The Labute approximate surface area is 124 Å². The number of rotatable bonds is 4. The molecule has 2 fully saturated rings. The number of carboxylic acids is 1. The highest BCUT2D eigenvalue weighted by Gasteiger charge is 2.33. The van der Waals surface area contributed by atoms with Gasteiger partial charge >= 0.3 is 12.0 Å². The molecule has 2 saturated heterocycles. The second-order valence-corrected chi connectivity index (χ2v) is 5.61. The monoisotopic (exact) mass is 297 g/mol. The van der Waals surface area contributed by atoms with Gasteiger partial charge in [0.1, 0.15) is 6.04 Å². The maximum absolute atomic E-state index is 11.9. The second-order valence-electron chi connectivity index (χ2n) is 5.61. The van der Waals surface area contributed by atoms with Crippen molar-refractivity contribution in [2.24, 2.45) is 0 Å². The maximum Gasteiger partial charge on any atom is 0.326 e. The van der Waals surface area contributed by atoms with E-state index in [9.17, 15) is 14.4 Å². The van der Waals surface area contributed by atoms with Crippen molar-refractivity contribution in [3.63, 3.8) is 0 Å². The van der Waals surface area contributed by atoms with Crippen LogP contribution in [0.1, 0.15) is 38.5 Å². The quantitative estimate of drug-likeness (QED) is 0.797. The van der Waals surface area contributed by atoms with Crippen molar-refractivity contribution in [1.29, 1.82) is 0 Å². The highest BCUT2D eigenvalue weighted by atomic mass is 16.4. The van der Waals surface area contributed by atoms with Crippen molar-refractivity contribution in [2.75, 3.05) is 26.2 Å². The average molecular weight is 297 g/mol. The average Bonchev–Trinajstić information content (AvgIpc) is 2.97. The van der Waals surface area contributed by atoms with Gasteiger partial charge in [0, 0.05) is 32.6 Å². The van der Waals surface area contributed by atoms with E-state index in [1.165, 1.54) is 11.3 Å². The summed E-state index contributed by atoms with van der Waals surface area (Å²) in [5, 5.41) is 11.7. The number of hydrogen-bond acceptors (Lipinski definition) is 3. The van der Waals surface area contributed by atoms with Crippen LogP contribution in [-0.4, -0.2) is 65.0 Å². The van der Waals surface area contributed by atoms with Crippen LogP contribution in [0.25, 0.3) is 0 Å². The molecule has 0 saturated carbocycles. The molecule has 21 heavy (non-hydrogen) atoms. The van der Waals surface area contributed by atoms with Gasteiger partial charge in [0.25, 0.3) is 0 Å². The molecule has 0 bridgehead atoms. The number of nitrogens with one attached hydrogen (secondary N) is 1. The van der Waals surface area contributed by atoms with E-state index in [0.29, 0.717) is 19.4 Å². The number of urea groups is 1. The van der Waals surface area contributed by atoms with Crippen LogP contribution in [0.3, 0.4) is 0 Å². The lowest BCUT2D eigenvalue weighted by atomic mass is 10.1. The van der Waals surface area contributed by atoms with Crippen LogP contribution >= 0.6 is 0 Å². The van der Waals surface area contributed by atoms with Gasteiger partial charge in [-0.1, -0.05) is 0 Å². The third kappa shape index (κ3) is 4.09. The summed E-state index contributed by atoms with van der Waals surface area (Å²) in [6, 6.07) is -1.12. The lowest BCUT2D eigenvalue weighted by Gasteiger charge is -2.27. The number of hydrogen-bond donors (Lipinski definition) is 2. The molecule has 3 amide bonds. The largest absolute Gasteiger partial charge is 0.480 e. The van der Waals surface area contributed by atoms with Gasteiger partial charge in [-0.05, 0) is 32.1 Å². The fourth-order valence-corrected chi connectivity index (χ4v) is 2.95. The molecular weight excluding hydrogens is 274 g/mol. The van der Waals surface area contributed by atoms with Crippen LogP contribution in [0.2, 0.25) is 0 Å². The van der Waals surface area contributed by atoms with Crippen LogP contribution in [0, 0.1) is 0 Å². The summed E-state index contributed by atoms with van der Waals surface area (Å²) in [5.41, 5.74) is 0. The normalized spacial score (nSPS) is 22.2. The van der Waals surface area contributed by atoms with E-state index in [4.69, 9.17) is 5.11 Å². The molecule has 2 rings (SSSR count). The number of carbonyl (C=O) groups excluding carboxylic acids is 2. The Balaban J connectivity index is 1.71. The summed E-state index contributed by atoms with van der Waals surface area (Å²) >= 11 is 0. The first-order chi connectivity index (χ1) is 10.1. The molecule has 0 aromatic carbocycles. The van der Waals surface area contributed by atoms with Gasteiger partial charge < -0.3 is 20.2 Å². The van der Waals surface area contributed by atoms with Crippen LogP contribution in [-0.2, 0) is 9.59 Å². The number of likely N-dealkylation sites (tertiary alicyclic amines) is 2. The summed E-state index contributed by atoms with van der Waals surface area (Å²) in [7, 11) is 0. The van der Waals surface area contributed by atoms with Crippen LogP contribution in [0.4, 0.5) is 4.79 Å². The van der Waals surface area contributed by atoms with Crippen molar-refractivity contribution in [1.82, 2.24) is 15.1 Å². The number of aliphatic carboxylic acids is 1. The van der Waals surface area contributed by atoms with E-state index in [1.807, 2.05) is 4.90 Å². The molecule has 0 aromatic rings. The third-order valence-corrected chi connectivity index (χ3v) is 4.12. The van der Waals surface area contributed by atoms with Crippen LogP contribution in [0.5, 0.6) is 0 Å². The zero-order chi connectivity index (χ0) is 15.2. The van der Waals surface area contributed by atoms with E-state index < -0.39 is 12.0 Å². The SMILES string of the molecule is O=C(O)[C@H]1CCCN1C(=O)NCCC(=O)N1CCCCC1. The fraction of sp³-hybridized carbons (Fsp3) is 0.786. The zero-order valence-corrected chi connectivity index (χ0v) is 12.2. The predicted molar refractivity (Wildman–Crippen MR) is 75.8 cm³/mol. The standard InChI is InChI=1S/C14H23N3O4/c18-12(16-8-2-1-3-9-16)6-7-15-14(21)17-10-4-5-11(17)13(19)20/h11H,1-10H2,(H,15,21)(H,19,20)/t11-/m1/s1. The Morgan fingerprint density at radius 1 is 1.05 bits per heavy atom. The third-order valence-electron chi connectivity index (χ3n) is 4.12. The molecule has 2 heterocycles. The highest BCUT2D eigenvalue weighted by Crippen LogP contribution is 2.17. The van der Waals surface area contributed by atoms with Gasteiger partial charge in [-0.25, -0.2) is 9.59 Å². The first-order valence-corrected chi connectivity index (χ1v) is 7.64. The topological polar surface area (TPSA) is 90.0 Å². The number of carbonyl (C=O) groups is 3. The Bertz CT molecular complexity index is 407. The summed E-state index contributed by atoms with van der Waals surface area (Å²) in [6.45, 7) is 2.33. The lowest BCUT2D eigenvalue weighted by Crippen LogP contribution is -2.47. The minimum absolute atomic E-state index is 0.0613. The Hall–Kier alpha value is -1.79. The molecule has 2 aliphatic rings. The zero-order valence-electron chi connectivity index (χ0n) is 12.2. The number of piperidine rings is 1. The molecule has 1 atom stereocenters. The van der Waals surface area contributed by atoms with Gasteiger partial charge in [0.2, 0.25) is 5.91 Å². The minimum Gasteiger partial charge on any atom is -0.480 e. The van der Waals surface area contributed by atoms with E-state index in [0.717, 1.165) is 25.9 Å². The molecule has 118 valence electrons. The highest BCUT2D eigenvalue weighted by molar-refractivity contribution is 5.83. The Morgan fingerprint density at radius 3 is 2.43 bits per heavy atom. The summed E-state index contributed by atoms with van der Waals surface area (Å²) in [4.78, 5) is 38.1. The number of nitrogens with zero attached hydrogens (tertiary/aromatic N) is 2. The van der Waals surface area contributed by atoms with Crippen molar-refractivity contribution >= 4 is 17.9 Å². The summed E-state index contributed by atoms with van der Waals surface area (Å²) in [6.07, 6.45) is 4.74. The van der Waals surface area contributed by atoms with Gasteiger partial charge in [-0.15, -0.1) is 0 Å². The van der Waals surface area contributed by atoms with Gasteiger partial charge in [-0.2, -0.15) is 0 Å². The van der Waals surface area contributed by atoms with Crippen molar-refractivity contribution in [3.8, 4) is 0 Å². The molecule has 0 spiro atoms. The molecule has 7 nitrogen and oxygen atoms in total. The first-order valence-electron chi connectivity index (χ1n) is 7.64. The Morgan fingerprint density at radius 2 is 1.76 bits per heavy atom. The van der Waals surface area contributed by atoms with E-state index in [-0.39, 0.29) is 24.9 Å². The molecule has 0 unspecified atom stereocenters. The van der Waals surface area contributed by atoms with Crippen molar-refractivity contribution in [2.45, 2.75) is 44.6 Å². The van der Waals surface area contributed by atoms with Crippen molar-refractivity contribution < 1.29 is 19.5 Å². The maximum atomic E-state index is 11.9. The Kier molecular flexibility index (Phi) is 5.41. The molecule has 0 radical (unpaired) electrons. The van der Waals surface area contributed by atoms with Crippen molar-refractivity contribution in [3.05, 3.63) is 0 Å². The fourth-order valence-electron chi connectivity index (χ4n) is 2.95. The minimum atomic E-state index is -0.966. The first kappa shape index (κ1) is 15.6. The summed E-state index contributed by atoms with van der Waals surface area (Å²) in [5.74, 6) is -0.904. The van der Waals surface area contributed by atoms with Gasteiger partial charge in [-0.3, -0.25) is 4.79 Å². The molecular formula is C14H23N3O4. The molecule has 7 heteroatoms. The predicted octanol–water partition coefficient (Wildman–Crippen LogP) is 0.648. The second kappa shape index (κ2) is 7.28. The lowest BCUT2D eigenvalue weighted by molar-refractivity contribution is -0.141. The molecule has 2 aliphatic heterocycles. The molecule has 0 aliphatic carbocycles. The van der Waals surface area contributed by atoms with Gasteiger partial charge in [0.05, 0.1) is 0 Å². The number of carboxylic acid groups (broad SMARTS) is 1. The smallest absolute Gasteiger partial charge is 0.326 e. The molecule has 2 N–H and O–H groups in total. The molecule has 0 aromatic heterocycles. The van der Waals surface area contributed by atoms with Gasteiger partial charge in [0.15, 0.2) is 0 Å². The van der Waals surface area contributed by atoms with Crippen LogP contribution < -0.4 is 5.32 Å². The number of amides is 3. The summed E-state index contributed by atoms with van der Waals surface area (Å²) < 4.78 is 0. The van der Waals surface area contributed by atoms with Crippen LogP contribution in [0.15, 0.2) is 0 Å². The van der Waals surface area contributed by atoms with E-state index in [2.05, 4.69) is 5.32 Å².